The summed E-state index contributed by atoms with van der Waals surface area (Å²) in [7, 11) is 6.16. The van der Waals surface area contributed by atoms with E-state index >= 15 is 0 Å². The molecule has 0 rings (SSSR count). The van der Waals surface area contributed by atoms with Crippen molar-refractivity contribution >= 4 is 5.78 Å². The fourth-order valence-electron chi connectivity index (χ4n) is 0.350. The molecule has 0 amide bonds. The third kappa shape index (κ3) is 18.5. The number of Topliss-reactive ketones (excluding diaryl/α,β-unsaturated/α-hetero) is 1. The Bertz CT molecular complexity index is 125. The second-order valence-electron chi connectivity index (χ2n) is 3.59. The molecular weight excluding hydrogens is 174 g/mol. The monoisotopic (exact) mass is 194 g/mol. The largest absolute Gasteiger partial charge is 0.391 e. The van der Waals surface area contributed by atoms with Crippen LogP contribution in [0.3, 0.4) is 0 Å². The van der Waals surface area contributed by atoms with Crippen molar-refractivity contribution in [2.24, 2.45) is 0 Å². The van der Waals surface area contributed by atoms with Crippen LogP contribution in [-0.2, 0) is 4.79 Å². The van der Waals surface area contributed by atoms with E-state index in [9.17, 15) is 4.79 Å². The van der Waals surface area contributed by atoms with Crippen molar-refractivity contribution in [2.45, 2.75) is 0 Å². The minimum atomic E-state index is -0.559. The fraction of sp³-hybridized carbons (Fsp3) is 0.875. The van der Waals surface area contributed by atoms with Crippen molar-refractivity contribution in [1.82, 2.24) is 0 Å². The predicted octanol–water partition coefficient (Wildman–Crippen LogP) is -1.77. The Kier molecular flexibility index (Phi) is 9.38. The number of hydrogen-bond acceptors (Lipinski definition) is 4. The number of rotatable bonds is 4. The summed E-state index contributed by atoms with van der Waals surface area (Å²) >= 11 is 0. The first-order valence-corrected chi connectivity index (χ1v) is 4.02. The Morgan fingerprint density at radius 3 is 1.46 bits per heavy atom. The van der Waals surface area contributed by atoms with Gasteiger partial charge in [0.15, 0.2) is 5.78 Å². The molecule has 0 spiro atoms. The molecule has 5 heteroatoms. The van der Waals surface area contributed by atoms with Crippen LogP contribution < -0.4 is 0 Å². The van der Waals surface area contributed by atoms with Crippen LogP contribution in [0.2, 0.25) is 0 Å². The number of quaternary nitrogens is 1. The zero-order chi connectivity index (χ0) is 10.9. The summed E-state index contributed by atoms with van der Waals surface area (Å²) in [5.74, 6) is -0.546. The second-order valence-corrected chi connectivity index (χ2v) is 3.59. The maximum atomic E-state index is 9.68. The average Bonchev–Trinajstić information content (AvgIpc) is 2.02. The highest BCUT2D eigenvalue weighted by Gasteiger charge is 2.02. The molecule has 0 aliphatic heterocycles. The maximum absolute atomic E-state index is 9.68. The lowest BCUT2D eigenvalue weighted by atomic mass is 10.5. The van der Waals surface area contributed by atoms with Crippen LogP contribution in [0.15, 0.2) is 0 Å². The van der Waals surface area contributed by atoms with Crippen LogP contribution >= 0.6 is 0 Å². The van der Waals surface area contributed by atoms with Gasteiger partial charge in [-0.3, -0.25) is 4.79 Å². The number of ketones is 1. The van der Waals surface area contributed by atoms with Crippen LogP contribution in [0.4, 0.5) is 0 Å². The first-order valence-electron chi connectivity index (χ1n) is 4.02. The Labute approximate surface area is 78.8 Å². The van der Waals surface area contributed by atoms with Crippen LogP contribution in [0.25, 0.3) is 0 Å². The van der Waals surface area contributed by atoms with Gasteiger partial charge in [-0.25, -0.2) is 0 Å². The third-order valence-corrected chi connectivity index (χ3v) is 1.12. The molecule has 0 aromatic rings. The van der Waals surface area contributed by atoms with E-state index in [4.69, 9.17) is 15.3 Å². The fourth-order valence-corrected chi connectivity index (χ4v) is 0.350. The summed E-state index contributed by atoms with van der Waals surface area (Å²) in [5, 5.41) is 24.0. The zero-order valence-electron chi connectivity index (χ0n) is 8.53. The second kappa shape index (κ2) is 8.12. The van der Waals surface area contributed by atoms with Gasteiger partial charge in [0.2, 0.25) is 0 Å². The van der Waals surface area contributed by atoms with Gasteiger partial charge in [0.25, 0.3) is 0 Å². The summed E-state index contributed by atoms with van der Waals surface area (Å²) in [6.45, 7) is -0.00347. The number of aliphatic hydroxyl groups excluding tert-OH is 3. The van der Waals surface area contributed by atoms with Crippen molar-refractivity contribution < 1.29 is 24.6 Å². The van der Waals surface area contributed by atoms with E-state index in [0.29, 0.717) is 0 Å². The summed E-state index contributed by atoms with van der Waals surface area (Å²) in [6.07, 6.45) is 0. The number of likely N-dealkylation sites (N-methyl/N-ethyl adjacent to an activating group) is 1. The van der Waals surface area contributed by atoms with Gasteiger partial charge in [0.1, 0.15) is 19.8 Å². The van der Waals surface area contributed by atoms with Crippen molar-refractivity contribution in [3.63, 3.8) is 0 Å². The van der Waals surface area contributed by atoms with Crippen LogP contribution in [0.5, 0.6) is 0 Å². The predicted molar refractivity (Wildman–Crippen MR) is 49.2 cm³/mol. The number of nitrogens with zero attached hydrogens (tertiary/aromatic N) is 1. The van der Waals surface area contributed by atoms with Crippen molar-refractivity contribution in [3.8, 4) is 0 Å². The summed E-state index contributed by atoms with van der Waals surface area (Å²) in [6, 6.07) is 0. The van der Waals surface area contributed by atoms with E-state index in [2.05, 4.69) is 21.1 Å². The van der Waals surface area contributed by atoms with E-state index in [1.54, 1.807) is 0 Å². The van der Waals surface area contributed by atoms with Gasteiger partial charge in [-0.05, 0) is 0 Å². The highest BCUT2D eigenvalue weighted by Crippen LogP contribution is 1.84. The number of aliphatic hydroxyl groups is 3. The average molecular weight is 194 g/mol. The molecule has 0 fully saturated rings. The number of carbonyl (C=O) groups excluding carboxylic acids is 1. The summed E-state index contributed by atoms with van der Waals surface area (Å²) < 4.78 is 0.844. The molecule has 0 heterocycles. The molecule has 0 atom stereocenters. The molecule has 0 saturated heterocycles. The Balaban J connectivity index is 0. The molecule has 80 valence electrons. The summed E-state index contributed by atoms with van der Waals surface area (Å²) in [5.41, 5.74) is 0. The molecule has 0 aliphatic rings. The molecule has 0 bridgehead atoms. The van der Waals surface area contributed by atoms with Crippen molar-refractivity contribution in [3.05, 3.63) is 0 Å². The first-order chi connectivity index (χ1) is 5.87. The van der Waals surface area contributed by atoms with E-state index in [0.717, 1.165) is 11.0 Å². The SMILES string of the molecule is C[N+](C)(C)CCO.O=C(CO)CO. The Morgan fingerprint density at radius 2 is 1.46 bits per heavy atom. The molecule has 0 radical (unpaired) electrons. The highest BCUT2D eigenvalue weighted by molar-refractivity contribution is 5.80. The number of hydrogen-bond donors (Lipinski definition) is 3. The van der Waals surface area contributed by atoms with Gasteiger partial charge in [-0.2, -0.15) is 0 Å². The Morgan fingerprint density at radius 1 is 1.08 bits per heavy atom. The van der Waals surface area contributed by atoms with Gasteiger partial charge >= 0.3 is 0 Å². The molecule has 0 unspecified atom stereocenters. The molecule has 0 aliphatic carbocycles. The maximum Gasteiger partial charge on any atom is 0.183 e. The lowest BCUT2D eigenvalue weighted by Gasteiger charge is -2.21. The van der Waals surface area contributed by atoms with Crippen LogP contribution in [-0.4, -0.2) is 73.1 Å². The number of carbonyl (C=O) groups is 1. The highest BCUT2D eigenvalue weighted by atomic mass is 16.3. The van der Waals surface area contributed by atoms with Gasteiger partial charge in [-0.15, -0.1) is 0 Å². The van der Waals surface area contributed by atoms with E-state index in [1.165, 1.54) is 0 Å². The molecule has 5 nitrogen and oxygen atoms in total. The first kappa shape index (κ1) is 15.0. The lowest BCUT2D eigenvalue weighted by Crippen LogP contribution is -2.36. The van der Waals surface area contributed by atoms with E-state index < -0.39 is 19.0 Å². The van der Waals surface area contributed by atoms with Crippen molar-refractivity contribution in [2.75, 3.05) is 47.5 Å². The normalized spacial score (nSPS) is 10.3. The van der Waals surface area contributed by atoms with Crippen LogP contribution in [0.1, 0.15) is 0 Å². The lowest BCUT2D eigenvalue weighted by molar-refractivity contribution is -0.870. The molecular formula is C8H20NO4+. The zero-order valence-corrected chi connectivity index (χ0v) is 8.53. The van der Waals surface area contributed by atoms with Gasteiger partial charge < -0.3 is 19.8 Å². The third-order valence-electron chi connectivity index (χ3n) is 1.12. The Hall–Kier alpha value is -0.490. The molecule has 3 N–H and O–H groups in total. The van der Waals surface area contributed by atoms with E-state index in [1.807, 2.05) is 0 Å². The van der Waals surface area contributed by atoms with Gasteiger partial charge in [-0.1, -0.05) is 0 Å². The van der Waals surface area contributed by atoms with Crippen molar-refractivity contribution in [1.29, 1.82) is 0 Å². The van der Waals surface area contributed by atoms with Gasteiger partial charge in [0.05, 0.1) is 27.7 Å². The summed E-state index contributed by atoms with van der Waals surface area (Å²) in [4.78, 5) is 9.68. The van der Waals surface area contributed by atoms with Crippen LogP contribution in [0, 0.1) is 0 Å². The molecule has 0 aromatic carbocycles. The molecule has 13 heavy (non-hydrogen) atoms. The molecule has 0 aromatic heterocycles. The minimum Gasteiger partial charge on any atom is -0.391 e. The quantitative estimate of drug-likeness (QED) is 0.463. The topological polar surface area (TPSA) is 77.8 Å². The van der Waals surface area contributed by atoms with Gasteiger partial charge in [0, 0.05) is 0 Å². The standard InChI is InChI=1S/C5H14NO.C3H6O3/c1-6(2,3)4-5-7;4-1-3(6)2-5/h7H,4-5H2,1-3H3;4-5H,1-2H2/q+1;. The smallest absolute Gasteiger partial charge is 0.183 e. The minimum absolute atomic E-state index is 0.281. The molecule has 0 saturated carbocycles. The van der Waals surface area contributed by atoms with E-state index in [-0.39, 0.29) is 6.61 Å².